The van der Waals surface area contributed by atoms with Crippen LogP contribution >= 0.6 is 0 Å². The monoisotopic (exact) mass is 312 g/mol. The van der Waals surface area contributed by atoms with E-state index in [9.17, 15) is 13.2 Å². The Morgan fingerprint density at radius 2 is 1.09 bits per heavy atom. The van der Waals surface area contributed by atoms with E-state index < -0.39 is 17.5 Å². The standard InChI is InChI=1S/C10H15F.C9H12F2/c1-7(2)10(5)8(3)6-9(4)11;1-6(2)8(4)9(11)5-7(3)10/h6-7H,4-5H2,1-3H3;5-6H,3-4H2,1-2H3/b8-6-;9-5+. The average molecular weight is 312 g/mol. The Hall–Kier alpha value is -1.77. The van der Waals surface area contributed by atoms with Crippen molar-refractivity contribution in [1.29, 1.82) is 0 Å². The van der Waals surface area contributed by atoms with Crippen molar-refractivity contribution in [3.8, 4) is 0 Å². The molecule has 0 aromatic heterocycles. The van der Waals surface area contributed by atoms with Gasteiger partial charge in [0.1, 0.15) is 17.5 Å². The zero-order valence-corrected chi connectivity index (χ0v) is 14.3. The molecule has 0 fully saturated rings. The molecule has 22 heavy (non-hydrogen) atoms. The quantitative estimate of drug-likeness (QED) is 0.456. The van der Waals surface area contributed by atoms with E-state index >= 15 is 0 Å². The fraction of sp³-hybridized carbons (Fsp3) is 0.368. The molecule has 0 aliphatic carbocycles. The number of hydrogen-bond acceptors (Lipinski definition) is 0. The third-order valence-electron chi connectivity index (χ3n) is 2.86. The molecule has 0 saturated heterocycles. The summed E-state index contributed by atoms with van der Waals surface area (Å²) in [5.41, 5.74) is 2.13. The SMILES string of the molecule is C=C(F)/C=C(/C)C(=C)C(C)C.C=C(F)/C=C(/F)C(=C)C(C)C. The lowest BCUT2D eigenvalue weighted by atomic mass is 9.98. The van der Waals surface area contributed by atoms with Crippen LogP contribution in [0.3, 0.4) is 0 Å². The first-order valence-electron chi connectivity index (χ1n) is 7.02. The predicted octanol–water partition coefficient (Wildman–Crippen LogP) is 7.16. The van der Waals surface area contributed by atoms with Gasteiger partial charge in [-0.2, -0.15) is 0 Å². The fourth-order valence-electron chi connectivity index (χ4n) is 1.29. The molecule has 3 heteroatoms. The highest BCUT2D eigenvalue weighted by atomic mass is 19.1. The minimum absolute atomic E-state index is 0.00870. The van der Waals surface area contributed by atoms with E-state index in [1.54, 1.807) is 13.8 Å². The van der Waals surface area contributed by atoms with Gasteiger partial charge < -0.3 is 0 Å². The smallest absolute Gasteiger partial charge is 0.128 e. The zero-order chi connectivity index (χ0) is 18.0. The Labute approximate surface area is 133 Å². The van der Waals surface area contributed by atoms with Crippen LogP contribution in [-0.2, 0) is 0 Å². The normalized spacial score (nSPS) is 11.9. The van der Waals surface area contributed by atoms with Gasteiger partial charge in [-0.05, 0) is 41.6 Å². The molecule has 0 rings (SSSR count). The Morgan fingerprint density at radius 1 is 0.727 bits per heavy atom. The van der Waals surface area contributed by atoms with Crippen molar-refractivity contribution in [3.63, 3.8) is 0 Å². The lowest BCUT2D eigenvalue weighted by molar-refractivity contribution is 0.595. The van der Waals surface area contributed by atoms with E-state index in [1.807, 2.05) is 20.8 Å². The van der Waals surface area contributed by atoms with Gasteiger partial charge in [0.15, 0.2) is 0 Å². The average Bonchev–Trinajstić information content (AvgIpc) is 2.35. The van der Waals surface area contributed by atoms with Gasteiger partial charge in [-0.15, -0.1) is 0 Å². The van der Waals surface area contributed by atoms with Crippen molar-refractivity contribution >= 4 is 0 Å². The molecule has 0 saturated carbocycles. The Morgan fingerprint density at radius 3 is 1.36 bits per heavy atom. The summed E-state index contributed by atoms with van der Waals surface area (Å²) in [6, 6.07) is 0. The van der Waals surface area contributed by atoms with Crippen molar-refractivity contribution in [3.05, 3.63) is 72.7 Å². The second-order valence-corrected chi connectivity index (χ2v) is 5.57. The summed E-state index contributed by atoms with van der Waals surface area (Å²) >= 11 is 0. The highest BCUT2D eigenvalue weighted by molar-refractivity contribution is 5.32. The molecule has 0 nitrogen and oxygen atoms in total. The van der Waals surface area contributed by atoms with Crippen molar-refractivity contribution in [1.82, 2.24) is 0 Å². The van der Waals surface area contributed by atoms with Gasteiger partial charge in [-0.1, -0.05) is 54.0 Å². The number of halogens is 3. The van der Waals surface area contributed by atoms with E-state index in [-0.39, 0.29) is 5.92 Å². The highest BCUT2D eigenvalue weighted by Crippen LogP contribution is 2.19. The van der Waals surface area contributed by atoms with Crippen molar-refractivity contribution in [2.24, 2.45) is 11.8 Å². The third kappa shape index (κ3) is 11.0. The molecular weight excluding hydrogens is 285 g/mol. The molecule has 0 atom stereocenters. The summed E-state index contributed by atoms with van der Waals surface area (Å²) in [4.78, 5) is 0. The molecule has 0 bridgehead atoms. The van der Waals surface area contributed by atoms with Crippen LogP contribution in [0.4, 0.5) is 13.2 Å². The topological polar surface area (TPSA) is 0 Å². The second-order valence-electron chi connectivity index (χ2n) is 5.57. The van der Waals surface area contributed by atoms with Gasteiger partial charge >= 0.3 is 0 Å². The highest BCUT2D eigenvalue weighted by Gasteiger charge is 2.05. The number of rotatable bonds is 6. The molecule has 0 N–H and O–H groups in total. The Bertz CT molecular complexity index is 443. The molecule has 0 aromatic rings. The maximum absolute atomic E-state index is 12.8. The first-order valence-corrected chi connectivity index (χ1v) is 7.02. The van der Waals surface area contributed by atoms with Crippen LogP contribution in [0.15, 0.2) is 72.7 Å². The van der Waals surface area contributed by atoms with E-state index in [2.05, 4.69) is 26.3 Å². The van der Waals surface area contributed by atoms with Gasteiger partial charge in [0.25, 0.3) is 0 Å². The van der Waals surface area contributed by atoms with Crippen LogP contribution < -0.4 is 0 Å². The van der Waals surface area contributed by atoms with Crippen LogP contribution in [0.5, 0.6) is 0 Å². The number of allylic oxidation sites excluding steroid dienone is 8. The fourth-order valence-corrected chi connectivity index (χ4v) is 1.29. The lowest BCUT2D eigenvalue weighted by Gasteiger charge is -2.08. The van der Waals surface area contributed by atoms with E-state index in [4.69, 9.17) is 0 Å². The summed E-state index contributed by atoms with van der Waals surface area (Å²) in [7, 11) is 0. The van der Waals surface area contributed by atoms with Crippen LogP contribution in [0, 0.1) is 11.8 Å². The summed E-state index contributed by atoms with van der Waals surface area (Å²) in [5, 5.41) is 0. The molecule has 0 aromatic carbocycles. The summed E-state index contributed by atoms with van der Waals surface area (Å²) in [5.74, 6) is -1.47. The molecular formula is C19H27F3. The summed E-state index contributed by atoms with van der Waals surface area (Å²) < 4.78 is 37.0. The van der Waals surface area contributed by atoms with Crippen LogP contribution in [0.1, 0.15) is 34.6 Å². The predicted molar refractivity (Wildman–Crippen MR) is 91.4 cm³/mol. The van der Waals surface area contributed by atoms with Crippen molar-refractivity contribution in [2.75, 3.05) is 0 Å². The first kappa shape index (κ1) is 22.5. The minimum atomic E-state index is -0.788. The Balaban J connectivity index is 0. The molecule has 0 heterocycles. The number of hydrogen-bond donors (Lipinski definition) is 0. The molecule has 0 aliphatic heterocycles. The molecule has 124 valence electrons. The first-order chi connectivity index (χ1) is 9.89. The summed E-state index contributed by atoms with van der Waals surface area (Å²) in [6.07, 6.45) is 2.14. The van der Waals surface area contributed by atoms with Crippen LogP contribution in [-0.4, -0.2) is 0 Å². The lowest BCUT2D eigenvalue weighted by Crippen LogP contribution is -1.93. The van der Waals surface area contributed by atoms with E-state index in [1.165, 1.54) is 6.08 Å². The molecule has 0 radical (unpaired) electrons. The maximum atomic E-state index is 12.8. The van der Waals surface area contributed by atoms with E-state index in [0.29, 0.717) is 11.5 Å². The van der Waals surface area contributed by atoms with Gasteiger partial charge in [0.05, 0.1) is 0 Å². The maximum Gasteiger partial charge on any atom is 0.128 e. The second kappa shape index (κ2) is 10.9. The van der Waals surface area contributed by atoms with Crippen LogP contribution in [0.2, 0.25) is 0 Å². The summed E-state index contributed by atoms with van der Waals surface area (Å²) in [6.45, 7) is 22.8. The molecule has 0 amide bonds. The van der Waals surface area contributed by atoms with E-state index in [0.717, 1.165) is 17.2 Å². The van der Waals surface area contributed by atoms with Crippen LogP contribution in [0.25, 0.3) is 0 Å². The molecule has 0 unspecified atom stereocenters. The van der Waals surface area contributed by atoms with Gasteiger partial charge in [-0.3, -0.25) is 0 Å². The molecule has 0 spiro atoms. The van der Waals surface area contributed by atoms with Gasteiger partial charge in [-0.25, -0.2) is 13.2 Å². The molecule has 0 aliphatic rings. The largest absolute Gasteiger partial charge is 0.208 e. The van der Waals surface area contributed by atoms with Crippen molar-refractivity contribution in [2.45, 2.75) is 34.6 Å². The third-order valence-corrected chi connectivity index (χ3v) is 2.86. The van der Waals surface area contributed by atoms with Crippen molar-refractivity contribution < 1.29 is 13.2 Å². The zero-order valence-electron chi connectivity index (χ0n) is 14.3. The minimum Gasteiger partial charge on any atom is -0.208 e. The van der Waals surface area contributed by atoms with Gasteiger partial charge in [0, 0.05) is 6.08 Å². The Kier molecular flexibility index (Phi) is 11.1. The van der Waals surface area contributed by atoms with Gasteiger partial charge in [0.2, 0.25) is 0 Å².